The van der Waals surface area contributed by atoms with E-state index in [4.69, 9.17) is 5.73 Å². The third-order valence-corrected chi connectivity index (χ3v) is 3.52. The molecule has 0 bridgehead atoms. The maximum atomic E-state index is 12.0. The van der Waals surface area contributed by atoms with Gasteiger partial charge in [0.05, 0.1) is 11.5 Å². The lowest BCUT2D eigenvalue weighted by Crippen LogP contribution is -2.48. The third-order valence-electron chi connectivity index (χ3n) is 3.52. The van der Waals surface area contributed by atoms with E-state index in [2.05, 4.69) is 0 Å². The van der Waals surface area contributed by atoms with Gasteiger partial charge in [0.1, 0.15) is 0 Å². The van der Waals surface area contributed by atoms with Gasteiger partial charge in [-0.05, 0) is 19.3 Å². The fourth-order valence-corrected chi connectivity index (χ4v) is 2.60. The standard InChI is InChI=1S/C11H18N2O2/c1-11(2)6-9(14)13(10(11)15)8-5-3-4-7(8)12/h7-8H,3-6,12H2,1-2H3. The highest BCUT2D eigenvalue weighted by Gasteiger charge is 2.49. The van der Waals surface area contributed by atoms with Crippen molar-refractivity contribution in [1.29, 1.82) is 0 Å². The van der Waals surface area contributed by atoms with Gasteiger partial charge in [-0.25, -0.2) is 0 Å². The van der Waals surface area contributed by atoms with E-state index in [1.54, 1.807) is 0 Å². The zero-order valence-electron chi connectivity index (χ0n) is 9.32. The molecule has 1 aliphatic carbocycles. The molecule has 0 radical (unpaired) electrons. The number of amides is 2. The van der Waals surface area contributed by atoms with Crippen molar-refractivity contribution in [3.63, 3.8) is 0 Å². The fraction of sp³-hybridized carbons (Fsp3) is 0.818. The lowest BCUT2D eigenvalue weighted by molar-refractivity contribution is -0.143. The van der Waals surface area contributed by atoms with Gasteiger partial charge in [-0.15, -0.1) is 0 Å². The van der Waals surface area contributed by atoms with Crippen LogP contribution in [0.5, 0.6) is 0 Å². The Morgan fingerprint density at radius 1 is 1.33 bits per heavy atom. The summed E-state index contributed by atoms with van der Waals surface area (Å²) in [5.74, 6) is -0.0952. The first-order chi connectivity index (χ1) is 6.93. The molecule has 0 aromatic heterocycles. The first-order valence-corrected chi connectivity index (χ1v) is 5.55. The molecule has 0 aromatic carbocycles. The van der Waals surface area contributed by atoms with Crippen LogP contribution in [0.25, 0.3) is 0 Å². The zero-order valence-corrected chi connectivity index (χ0v) is 9.32. The summed E-state index contributed by atoms with van der Waals surface area (Å²) in [4.78, 5) is 25.2. The Kier molecular flexibility index (Phi) is 2.34. The minimum absolute atomic E-state index is 0.0215. The van der Waals surface area contributed by atoms with Gasteiger partial charge >= 0.3 is 0 Å². The molecule has 4 nitrogen and oxygen atoms in total. The highest BCUT2D eigenvalue weighted by Crippen LogP contribution is 2.36. The minimum Gasteiger partial charge on any atom is -0.326 e. The van der Waals surface area contributed by atoms with Gasteiger partial charge in [-0.1, -0.05) is 13.8 Å². The van der Waals surface area contributed by atoms with Gasteiger partial charge in [-0.2, -0.15) is 0 Å². The number of nitrogens with zero attached hydrogens (tertiary/aromatic N) is 1. The van der Waals surface area contributed by atoms with Crippen molar-refractivity contribution in [3.05, 3.63) is 0 Å². The molecule has 15 heavy (non-hydrogen) atoms. The van der Waals surface area contributed by atoms with Crippen LogP contribution in [-0.4, -0.2) is 28.8 Å². The van der Waals surface area contributed by atoms with Crippen molar-refractivity contribution in [2.75, 3.05) is 0 Å². The number of nitrogens with two attached hydrogens (primary N) is 1. The SMILES string of the molecule is CC1(C)CC(=O)N(C2CCCC2N)C1=O. The van der Waals surface area contributed by atoms with Gasteiger partial charge in [0.15, 0.2) is 0 Å². The number of hydrogen-bond donors (Lipinski definition) is 1. The van der Waals surface area contributed by atoms with Crippen LogP contribution >= 0.6 is 0 Å². The van der Waals surface area contributed by atoms with Crippen LogP contribution in [0.2, 0.25) is 0 Å². The molecule has 2 fully saturated rings. The summed E-state index contributed by atoms with van der Waals surface area (Å²) >= 11 is 0. The number of carbonyl (C=O) groups excluding carboxylic acids is 2. The summed E-state index contributed by atoms with van der Waals surface area (Å²) in [6.07, 6.45) is 3.13. The molecule has 1 saturated heterocycles. The van der Waals surface area contributed by atoms with Gasteiger partial charge in [0.2, 0.25) is 11.8 Å². The smallest absolute Gasteiger partial charge is 0.235 e. The van der Waals surface area contributed by atoms with E-state index in [9.17, 15) is 9.59 Å². The number of likely N-dealkylation sites (tertiary alicyclic amines) is 1. The number of carbonyl (C=O) groups is 2. The Morgan fingerprint density at radius 2 is 2.00 bits per heavy atom. The second kappa shape index (κ2) is 3.30. The zero-order chi connectivity index (χ0) is 11.2. The molecule has 2 aliphatic rings. The largest absolute Gasteiger partial charge is 0.326 e. The van der Waals surface area contributed by atoms with Crippen LogP contribution in [0.15, 0.2) is 0 Å². The summed E-state index contributed by atoms with van der Waals surface area (Å²) < 4.78 is 0. The molecule has 2 unspecified atom stereocenters. The fourth-order valence-electron chi connectivity index (χ4n) is 2.60. The molecule has 0 aromatic rings. The molecule has 2 amide bonds. The molecule has 84 valence electrons. The predicted molar refractivity (Wildman–Crippen MR) is 55.9 cm³/mol. The van der Waals surface area contributed by atoms with E-state index >= 15 is 0 Å². The van der Waals surface area contributed by atoms with Crippen LogP contribution < -0.4 is 5.73 Å². The Balaban J connectivity index is 2.23. The van der Waals surface area contributed by atoms with Crippen LogP contribution in [0.3, 0.4) is 0 Å². The second-order valence-electron chi connectivity index (χ2n) is 5.29. The molecular weight excluding hydrogens is 192 g/mol. The molecule has 4 heteroatoms. The van der Waals surface area contributed by atoms with E-state index in [0.717, 1.165) is 19.3 Å². The maximum Gasteiger partial charge on any atom is 0.235 e. The molecule has 2 rings (SSSR count). The Morgan fingerprint density at radius 3 is 2.40 bits per heavy atom. The van der Waals surface area contributed by atoms with Crippen molar-refractivity contribution in [2.45, 2.75) is 51.6 Å². The van der Waals surface area contributed by atoms with Crippen LogP contribution in [0.4, 0.5) is 0 Å². The summed E-state index contributed by atoms with van der Waals surface area (Å²) in [6.45, 7) is 3.65. The van der Waals surface area contributed by atoms with E-state index < -0.39 is 5.41 Å². The van der Waals surface area contributed by atoms with E-state index in [1.807, 2.05) is 13.8 Å². The predicted octanol–water partition coefficient (Wildman–Crippen LogP) is 0.651. The summed E-state index contributed by atoms with van der Waals surface area (Å²) in [5, 5.41) is 0. The number of imide groups is 1. The monoisotopic (exact) mass is 210 g/mol. The van der Waals surface area contributed by atoms with Crippen molar-refractivity contribution in [2.24, 2.45) is 11.1 Å². The summed E-state index contributed by atoms with van der Waals surface area (Å²) in [5.41, 5.74) is 5.40. The lowest BCUT2D eigenvalue weighted by atomic mass is 9.92. The molecule has 2 atom stereocenters. The first-order valence-electron chi connectivity index (χ1n) is 5.55. The van der Waals surface area contributed by atoms with E-state index in [-0.39, 0.29) is 23.9 Å². The molecule has 1 saturated carbocycles. The van der Waals surface area contributed by atoms with Crippen molar-refractivity contribution >= 4 is 11.8 Å². The van der Waals surface area contributed by atoms with Crippen LogP contribution in [0.1, 0.15) is 39.5 Å². The van der Waals surface area contributed by atoms with E-state index in [0.29, 0.717) is 6.42 Å². The molecular formula is C11H18N2O2. The van der Waals surface area contributed by atoms with Crippen molar-refractivity contribution < 1.29 is 9.59 Å². The second-order valence-corrected chi connectivity index (χ2v) is 5.29. The summed E-state index contributed by atoms with van der Waals surface area (Å²) in [6, 6.07) is -0.0708. The molecule has 1 aliphatic heterocycles. The third kappa shape index (κ3) is 1.57. The van der Waals surface area contributed by atoms with Crippen LogP contribution in [0, 0.1) is 5.41 Å². The minimum atomic E-state index is -0.528. The number of rotatable bonds is 1. The maximum absolute atomic E-state index is 12.0. The highest BCUT2D eigenvalue weighted by molar-refractivity contribution is 6.05. The Labute approximate surface area is 89.8 Å². The quantitative estimate of drug-likeness (QED) is 0.646. The average Bonchev–Trinajstić information content (AvgIpc) is 2.58. The molecule has 0 spiro atoms. The van der Waals surface area contributed by atoms with Gasteiger partial charge in [0, 0.05) is 12.5 Å². The van der Waals surface area contributed by atoms with Gasteiger partial charge in [0.25, 0.3) is 0 Å². The van der Waals surface area contributed by atoms with Crippen molar-refractivity contribution in [3.8, 4) is 0 Å². The number of hydrogen-bond acceptors (Lipinski definition) is 3. The normalized spacial score (nSPS) is 35.3. The Hall–Kier alpha value is -0.900. The van der Waals surface area contributed by atoms with Crippen LogP contribution in [-0.2, 0) is 9.59 Å². The van der Waals surface area contributed by atoms with Crippen molar-refractivity contribution in [1.82, 2.24) is 4.90 Å². The Bertz CT molecular complexity index is 312. The topological polar surface area (TPSA) is 63.4 Å². The average molecular weight is 210 g/mol. The van der Waals surface area contributed by atoms with Gasteiger partial charge in [-0.3, -0.25) is 14.5 Å². The van der Waals surface area contributed by atoms with Gasteiger partial charge < -0.3 is 5.73 Å². The molecule has 2 N–H and O–H groups in total. The van der Waals surface area contributed by atoms with E-state index in [1.165, 1.54) is 4.90 Å². The highest BCUT2D eigenvalue weighted by atomic mass is 16.2. The molecule has 1 heterocycles. The first kappa shape index (κ1) is 10.6. The summed E-state index contributed by atoms with van der Waals surface area (Å²) in [7, 11) is 0. The lowest BCUT2D eigenvalue weighted by Gasteiger charge is -2.27.